The first kappa shape index (κ1) is 15.4. The summed E-state index contributed by atoms with van der Waals surface area (Å²) in [5, 5.41) is 12.3. The number of nitrogens with one attached hydrogen (secondary N) is 1. The third kappa shape index (κ3) is 2.86. The van der Waals surface area contributed by atoms with E-state index in [1.54, 1.807) is 6.92 Å². The van der Waals surface area contributed by atoms with Crippen molar-refractivity contribution in [1.82, 2.24) is 4.90 Å². The normalized spacial score (nSPS) is 22.0. The van der Waals surface area contributed by atoms with E-state index in [1.165, 1.54) is 4.90 Å². The monoisotopic (exact) mass is 290 g/mol. The molecule has 1 aromatic rings. The SMILES string of the molecule is Cc1cccc(NC(=O)N2CCCCC2(C)C(=O)O)c1C. The Morgan fingerprint density at radius 2 is 2.00 bits per heavy atom. The Hall–Kier alpha value is -2.04. The molecule has 21 heavy (non-hydrogen) atoms. The second kappa shape index (κ2) is 5.76. The molecule has 114 valence electrons. The van der Waals surface area contributed by atoms with Crippen LogP contribution in [-0.2, 0) is 4.79 Å². The number of aryl methyl sites for hydroxylation is 1. The molecule has 5 nitrogen and oxygen atoms in total. The quantitative estimate of drug-likeness (QED) is 0.879. The minimum absolute atomic E-state index is 0.340. The van der Waals surface area contributed by atoms with Gasteiger partial charge in [0.25, 0.3) is 0 Å². The number of carboxylic acids is 1. The summed E-state index contributed by atoms with van der Waals surface area (Å²) in [5.41, 5.74) is 1.70. The van der Waals surface area contributed by atoms with Crippen LogP contribution in [0.3, 0.4) is 0 Å². The number of carbonyl (C=O) groups is 2. The van der Waals surface area contributed by atoms with E-state index in [1.807, 2.05) is 32.0 Å². The summed E-state index contributed by atoms with van der Waals surface area (Å²) in [6.07, 6.45) is 2.15. The van der Waals surface area contributed by atoms with Crippen molar-refractivity contribution in [3.05, 3.63) is 29.3 Å². The fraction of sp³-hybridized carbons (Fsp3) is 0.500. The minimum atomic E-state index is -1.12. The highest BCUT2D eigenvalue weighted by molar-refractivity contribution is 5.94. The second-order valence-electron chi connectivity index (χ2n) is 5.87. The lowest BCUT2D eigenvalue weighted by atomic mass is 9.89. The van der Waals surface area contributed by atoms with Crippen molar-refractivity contribution in [2.45, 2.75) is 45.6 Å². The number of hydrogen-bond acceptors (Lipinski definition) is 2. The molecule has 2 N–H and O–H groups in total. The molecule has 1 fully saturated rings. The molecule has 2 rings (SSSR count). The molecule has 0 radical (unpaired) electrons. The molecule has 0 aromatic heterocycles. The Balaban J connectivity index is 2.22. The maximum Gasteiger partial charge on any atom is 0.329 e. The molecule has 5 heteroatoms. The molecule has 0 aliphatic carbocycles. The standard InChI is InChI=1S/C16H22N2O3/c1-11-7-6-8-13(12(11)2)17-15(21)18-10-5-4-9-16(18,3)14(19)20/h6-8H,4-5,9-10H2,1-3H3,(H,17,21)(H,19,20). The Kier molecular flexibility index (Phi) is 4.21. The van der Waals surface area contributed by atoms with Crippen LogP contribution in [0.5, 0.6) is 0 Å². The predicted molar refractivity (Wildman–Crippen MR) is 81.5 cm³/mol. The molecule has 1 saturated heterocycles. The molecular formula is C16H22N2O3. The van der Waals surface area contributed by atoms with E-state index in [9.17, 15) is 14.7 Å². The smallest absolute Gasteiger partial charge is 0.329 e. The molecule has 2 amide bonds. The highest BCUT2D eigenvalue weighted by atomic mass is 16.4. The number of urea groups is 1. The number of aliphatic carboxylic acids is 1. The van der Waals surface area contributed by atoms with Crippen LogP contribution in [0, 0.1) is 13.8 Å². The van der Waals surface area contributed by atoms with Crippen LogP contribution in [0.15, 0.2) is 18.2 Å². The van der Waals surface area contributed by atoms with Gasteiger partial charge in [0.1, 0.15) is 5.54 Å². The van der Waals surface area contributed by atoms with Crippen molar-refractivity contribution in [2.24, 2.45) is 0 Å². The number of nitrogens with zero attached hydrogens (tertiary/aromatic N) is 1. The number of piperidine rings is 1. The van der Waals surface area contributed by atoms with Crippen LogP contribution in [0.4, 0.5) is 10.5 Å². The second-order valence-corrected chi connectivity index (χ2v) is 5.87. The first-order chi connectivity index (χ1) is 9.86. The molecular weight excluding hydrogens is 268 g/mol. The third-order valence-corrected chi connectivity index (χ3v) is 4.44. The Labute approximate surface area is 125 Å². The van der Waals surface area contributed by atoms with Crippen LogP contribution in [0.25, 0.3) is 0 Å². The summed E-state index contributed by atoms with van der Waals surface area (Å²) < 4.78 is 0. The van der Waals surface area contributed by atoms with Crippen molar-refractivity contribution in [3.63, 3.8) is 0 Å². The van der Waals surface area contributed by atoms with Crippen molar-refractivity contribution in [3.8, 4) is 0 Å². The van der Waals surface area contributed by atoms with Gasteiger partial charge in [-0.1, -0.05) is 12.1 Å². The third-order valence-electron chi connectivity index (χ3n) is 4.44. The minimum Gasteiger partial charge on any atom is -0.480 e. The van der Waals surface area contributed by atoms with Crippen LogP contribution >= 0.6 is 0 Å². The zero-order valence-corrected chi connectivity index (χ0v) is 12.8. The average molecular weight is 290 g/mol. The average Bonchev–Trinajstić information content (AvgIpc) is 2.44. The summed E-state index contributed by atoms with van der Waals surface area (Å²) in [5.74, 6) is -0.946. The van der Waals surface area contributed by atoms with Gasteiger partial charge in [0.05, 0.1) is 0 Å². The Morgan fingerprint density at radius 1 is 1.29 bits per heavy atom. The van der Waals surface area contributed by atoms with Crippen LogP contribution in [0.2, 0.25) is 0 Å². The fourth-order valence-electron chi connectivity index (χ4n) is 2.74. The van der Waals surface area contributed by atoms with Crippen molar-refractivity contribution < 1.29 is 14.7 Å². The van der Waals surface area contributed by atoms with Gasteiger partial charge in [-0.15, -0.1) is 0 Å². The molecule has 1 aromatic carbocycles. The zero-order chi connectivity index (χ0) is 15.6. The number of amides is 2. The van der Waals surface area contributed by atoms with E-state index in [0.29, 0.717) is 13.0 Å². The predicted octanol–water partition coefficient (Wildman–Crippen LogP) is 3.16. The van der Waals surface area contributed by atoms with E-state index < -0.39 is 11.5 Å². The van der Waals surface area contributed by atoms with Gasteiger partial charge in [-0.05, 0) is 57.2 Å². The molecule has 0 bridgehead atoms. The lowest BCUT2D eigenvalue weighted by Crippen LogP contribution is -2.58. The maximum atomic E-state index is 12.5. The van der Waals surface area contributed by atoms with Gasteiger partial charge < -0.3 is 15.3 Å². The van der Waals surface area contributed by atoms with E-state index >= 15 is 0 Å². The number of rotatable bonds is 2. The van der Waals surface area contributed by atoms with Crippen molar-refractivity contribution in [2.75, 3.05) is 11.9 Å². The first-order valence-electron chi connectivity index (χ1n) is 7.24. The van der Waals surface area contributed by atoms with E-state index in [-0.39, 0.29) is 6.03 Å². The van der Waals surface area contributed by atoms with Crippen molar-refractivity contribution in [1.29, 1.82) is 0 Å². The zero-order valence-electron chi connectivity index (χ0n) is 12.8. The molecule has 1 aliphatic rings. The topological polar surface area (TPSA) is 69.6 Å². The lowest BCUT2D eigenvalue weighted by Gasteiger charge is -2.41. The molecule has 1 aliphatic heterocycles. The number of likely N-dealkylation sites (tertiary alicyclic amines) is 1. The highest BCUT2D eigenvalue weighted by Gasteiger charge is 2.44. The van der Waals surface area contributed by atoms with Gasteiger partial charge in [-0.25, -0.2) is 9.59 Å². The summed E-state index contributed by atoms with van der Waals surface area (Å²) >= 11 is 0. The maximum absolute atomic E-state index is 12.5. The van der Waals surface area contributed by atoms with Gasteiger partial charge >= 0.3 is 12.0 Å². The van der Waals surface area contributed by atoms with Crippen LogP contribution in [-0.4, -0.2) is 34.1 Å². The summed E-state index contributed by atoms with van der Waals surface area (Å²) in [7, 11) is 0. The van der Waals surface area contributed by atoms with Gasteiger partial charge in [0, 0.05) is 12.2 Å². The fourth-order valence-corrected chi connectivity index (χ4v) is 2.74. The molecule has 1 unspecified atom stereocenters. The lowest BCUT2D eigenvalue weighted by molar-refractivity contribution is -0.150. The molecule has 0 spiro atoms. The highest BCUT2D eigenvalue weighted by Crippen LogP contribution is 2.29. The summed E-state index contributed by atoms with van der Waals surface area (Å²) in [4.78, 5) is 25.5. The number of anilines is 1. The molecule has 1 atom stereocenters. The number of carbonyl (C=O) groups excluding carboxylic acids is 1. The molecule has 1 heterocycles. The number of carboxylic acid groups (broad SMARTS) is 1. The number of benzene rings is 1. The van der Waals surface area contributed by atoms with E-state index in [2.05, 4.69) is 5.32 Å². The van der Waals surface area contributed by atoms with E-state index in [0.717, 1.165) is 29.7 Å². The van der Waals surface area contributed by atoms with Crippen LogP contribution < -0.4 is 5.32 Å². The van der Waals surface area contributed by atoms with E-state index in [4.69, 9.17) is 0 Å². The Bertz CT molecular complexity index is 571. The van der Waals surface area contributed by atoms with Gasteiger partial charge in [-0.3, -0.25) is 0 Å². The van der Waals surface area contributed by atoms with Crippen LogP contribution in [0.1, 0.15) is 37.3 Å². The summed E-state index contributed by atoms with van der Waals surface area (Å²) in [6.45, 7) is 6.02. The summed E-state index contributed by atoms with van der Waals surface area (Å²) in [6, 6.07) is 5.35. The van der Waals surface area contributed by atoms with Gasteiger partial charge in [0.15, 0.2) is 0 Å². The number of hydrogen-bond donors (Lipinski definition) is 2. The largest absolute Gasteiger partial charge is 0.480 e. The molecule has 0 saturated carbocycles. The first-order valence-corrected chi connectivity index (χ1v) is 7.24. The van der Waals surface area contributed by atoms with Gasteiger partial charge in [0.2, 0.25) is 0 Å². The van der Waals surface area contributed by atoms with Crippen molar-refractivity contribution >= 4 is 17.7 Å². The Morgan fingerprint density at radius 3 is 2.67 bits per heavy atom. The van der Waals surface area contributed by atoms with Gasteiger partial charge in [-0.2, -0.15) is 0 Å².